The zero-order valence-corrected chi connectivity index (χ0v) is 35.2. The number of nitrogens with one attached hydrogen (secondary N) is 1. The zero-order chi connectivity index (χ0) is 39.1. The summed E-state index contributed by atoms with van der Waals surface area (Å²) in [6.45, 7) is 12.5. The smallest absolute Gasteiger partial charge is 0.303 e. The van der Waals surface area contributed by atoms with Gasteiger partial charge >= 0.3 is 23.9 Å². The lowest BCUT2D eigenvalue weighted by molar-refractivity contribution is -0.267. The van der Waals surface area contributed by atoms with Crippen molar-refractivity contribution in [2.24, 2.45) is 5.41 Å². The highest BCUT2D eigenvalue weighted by atomic mass is 35.5. The number of likely N-dealkylation sites (tertiary alicyclic amines) is 1. The maximum atomic E-state index is 12.5. The molecule has 3 aliphatic heterocycles. The number of esters is 4. The van der Waals surface area contributed by atoms with Gasteiger partial charge in [-0.2, -0.15) is 0 Å². The summed E-state index contributed by atoms with van der Waals surface area (Å²) in [5.74, 6) is -2.56. The average Bonchev–Trinajstić information content (AvgIpc) is 3.50. The van der Waals surface area contributed by atoms with E-state index < -0.39 is 54.5 Å². The second-order valence-corrected chi connectivity index (χ2v) is 15.4. The monoisotopic (exact) mass is 829 g/mol. The number of aromatic nitrogens is 1. The number of carbonyl (C=O) groups is 4. The molecule has 0 amide bonds. The number of nitrogens with zero attached hydrogens (tertiary/aromatic N) is 2. The van der Waals surface area contributed by atoms with Crippen LogP contribution in [0.3, 0.4) is 0 Å². The molecule has 2 aromatic carbocycles. The molecule has 3 saturated heterocycles. The molecule has 14 heteroatoms. The zero-order valence-electron chi connectivity index (χ0n) is 33.5. The molecule has 3 fully saturated rings. The van der Waals surface area contributed by atoms with Crippen molar-refractivity contribution < 1.29 is 42.9 Å². The van der Waals surface area contributed by atoms with Crippen LogP contribution in [0.1, 0.15) is 88.3 Å². The van der Waals surface area contributed by atoms with Crippen molar-refractivity contribution >= 4 is 65.7 Å². The molecule has 0 aliphatic carbocycles. The molecule has 1 aromatic heterocycles. The maximum absolute atomic E-state index is 12.5. The van der Waals surface area contributed by atoms with Gasteiger partial charge in [0.05, 0.1) is 5.52 Å². The molecule has 0 unspecified atom stereocenters. The van der Waals surface area contributed by atoms with Crippen LogP contribution in [0, 0.1) is 12.3 Å². The Bertz CT molecular complexity index is 1870. The van der Waals surface area contributed by atoms with Crippen LogP contribution in [0.15, 0.2) is 54.7 Å². The van der Waals surface area contributed by atoms with Crippen molar-refractivity contribution in [2.45, 2.75) is 104 Å². The Morgan fingerprint density at radius 1 is 0.860 bits per heavy atom. The third-order valence-corrected chi connectivity index (χ3v) is 11.1. The fraction of sp³-hybridized carbons (Fsp3) is 0.535. The molecule has 1 N–H and O–H groups in total. The summed E-state index contributed by atoms with van der Waals surface area (Å²) in [5, 5.41) is 4.53. The first kappa shape index (κ1) is 45.8. The number of aryl methyl sites for hydroxylation is 1. The van der Waals surface area contributed by atoms with E-state index in [0.29, 0.717) is 11.8 Å². The van der Waals surface area contributed by atoms with E-state index in [1.165, 1.54) is 66.5 Å². The number of carbonyl (C=O) groups excluding carboxylic acids is 4. The Kier molecular flexibility index (Phi) is 16.6. The molecule has 12 nitrogen and oxygen atoms in total. The quantitative estimate of drug-likeness (QED) is 0.158. The van der Waals surface area contributed by atoms with Crippen molar-refractivity contribution in [1.29, 1.82) is 0 Å². The lowest BCUT2D eigenvalue weighted by Gasteiger charge is -2.45. The Balaban J connectivity index is 0.00000360. The van der Waals surface area contributed by atoms with Crippen LogP contribution in [0.2, 0.25) is 0 Å². The average molecular weight is 831 g/mol. The van der Waals surface area contributed by atoms with E-state index in [2.05, 4.69) is 46.6 Å². The van der Waals surface area contributed by atoms with Gasteiger partial charge in [0, 0.05) is 52.4 Å². The van der Waals surface area contributed by atoms with Gasteiger partial charge in [-0.15, -0.1) is 24.8 Å². The lowest BCUT2D eigenvalue weighted by Crippen LogP contribution is -2.60. The molecule has 5 atom stereocenters. The fourth-order valence-corrected chi connectivity index (χ4v) is 8.67. The Labute approximate surface area is 347 Å². The molecular weight excluding hydrogens is 773 g/mol. The highest BCUT2D eigenvalue weighted by Gasteiger charge is 2.53. The first-order chi connectivity index (χ1) is 26.4. The van der Waals surface area contributed by atoms with Gasteiger partial charge < -0.3 is 38.5 Å². The molecule has 312 valence electrons. The van der Waals surface area contributed by atoms with Gasteiger partial charge in [0.2, 0.25) is 0 Å². The minimum Gasteiger partial charge on any atom is -0.463 e. The van der Waals surface area contributed by atoms with Gasteiger partial charge in [0.15, 0.2) is 24.5 Å². The molecule has 3 aliphatic rings. The minimum absolute atomic E-state index is 0. The van der Waals surface area contributed by atoms with Crippen LogP contribution in [0.5, 0.6) is 0 Å². The largest absolute Gasteiger partial charge is 0.463 e. The van der Waals surface area contributed by atoms with Gasteiger partial charge in [-0.3, -0.25) is 19.2 Å². The highest BCUT2D eigenvalue weighted by Crippen LogP contribution is 2.40. The van der Waals surface area contributed by atoms with Crippen LogP contribution in [-0.4, -0.2) is 97.1 Å². The van der Waals surface area contributed by atoms with E-state index in [0.717, 1.165) is 59.2 Å². The normalized spacial score (nSPS) is 23.3. The summed E-state index contributed by atoms with van der Waals surface area (Å²) in [4.78, 5) is 51.7. The predicted octanol–water partition coefficient (Wildman–Crippen LogP) is 6.51. The highest BCUT2D eigenvalue weighted by molar-refractivity contribution is 5.88. The Morgan fingerprint density at radius 3 is 2.19 bits per heavy atom. The number of hydrogen-bond acceptors (Lipinski definition) is 11. The van der Waals surface area contributed by atoms with E-state index in [1.54, 1.807) is 0 Å². The standard InChI is InChI=1S/C43H55N3O9.2ClH/c1-28-10-8-12-36-38(28)35(24-34-15-13-33(14-16-34)11-6-7-22-45-23-9-17-43(27-45)18-20-44-21-19-43)25-46(36)42-41(54-32(5)50)40(53-31(4)49)39(52-30(3)48)37(55-42)26-51-29(2)47;;/h6,8,10-16,25,37,39-42,44H,7,9,17-24,26-27H2,1-5H3;2*1H/b11-6+;;/t37-,39-,40+,41-,42-;;/m1../s1. The van der Waals surface area contributed by atoms with Gasteiger partial charge in [-0.25, -0.2) is 0 Å². The van der Waals surface area contributed by atoms with Gasteiger partial charge in [-0.1, -0.05) is 48.6 Å². The van der Waals surface area contributed by atoms with Crippen LogP contribution in [0.25, 0.3) is 17.0 Å². The van der Waals surface area contributed by atoms with E-state index >= 15 is 0 Å². The number of ether oxygens (including phenoxy) is 5. The first-order valence-corrected chi connectivity index (χ1v) is 19.5. The summed E-state index contributed by atoms with van der Waals surface area (Å²) in [6, 6.07) is 14.5. The number of benzene rings is 2. The Morgan fingerprint density at radius 2 is 1.53 bits per heavy atom. The molecule has 6 rings (SSSR count). The van der Waals surface area contributed by atoms with Crippen molar-refractivity contribution in [3.8, 4) is 0 Å². The van der Waals surface area contributed by atoms with Crippen LogP contribution < -0.4 is 5.32 Å². The number of fused-ring (bicyclic) bond motifs is 1. The molecule has 0 bridgehead atoms. The molecule has 4 heterocycles. The van der Waals surface area contributed by atoms with Crippen molar-refractivity contribution in [3.63, 3.8) is 0 Å². The van der Waals surface area contributed by atoms with Crippen LogP contribution >= 0.6 is 24.8 Å². The van der Waals surface area contributed by atoms with E-state index in [4.69, 9.17) is 23.7 Å². The van der Waals surface area contributed by atoms with E-state index in [1.807, 2.05) is 35.9 Å². The molecule has 0 saturated carbocycles. The second kappa shape index (κ2) is 20.7. The summed E-state index contributed by atoms with van der Waals surface area (Å²) < 4.78 is 30.8. The topological polar surface area (TPSA) is 135 Å². The van der Waals surface area contributed by atoms with Gasteiger partial charge in [0.25, 0.3) is 0 Å². The lowest BCUT2D eigenvalue weighted by atomic mass is 9.73. The summed E-state index contributed by atoms with van der Waals surface area (Å²) >= 11 is 0. The third-order valence-electron chi connectivity index (χ3n) is 11.1. The predicted molar refractivity (Wildman–Crippen MR) is 221 cm³/mol. The number of piperidine rings is 2. The summed E-state index contributed by atoms with van der Waals surface area (Å²) in [7, 11) is 0. The van der Waals surface area contributed by atoms with Crippen molar-refractivity contribution in [2.75, 3.05) is 39.3 Å². The van der Waals surface area contributed by atoms with E-state index in [9.17, 15) is 19.2 Å². The van der Waals surface area contributed by atoms with Crippen LogP contribution in [0.4, 0.5) is 0 Å². The van der Waals surface area contributed by atoms with Gasteiger partial charge in [0.1, 0.15) is 12.7 Å². The third kappa shape index (κ3) is 11.6. The SMILES string of the molecule is CC(=O)OC[C@H]1O[C@@H](n2cc(Cc3ccc(/C=C/CCN4CCCC5(CCNCC5)C4)cc3)c3c(C)cccc32)[C@H](OC(C)=O)[C@@H](OC(C)=O)[C@@H]1OC(C)=O.Cl.Cl. The number of halogens is 2. The Hall–Kier alpha value is -3.94. The van der Waals surface area contributed by atoms with E-state index in [-0.39, 0.29) is 31.4 Å². The summed E-state index contributed by atoms with van der Waals surface area (Å²) in [6.07, 6.45) is 7.53. The fourth-order valence-electron chi connectivity index (χ4n) is 8.67. The van der Waals surface area contributed by atoms with Crippen molar-refractivity contribution in [1.82, 2.24) is 14.8 Å². The van der Waals surface area contributed by atoms with Crippen molar-refractivity contribution in [3.05, 3.63) is 77.0 Å². The van der Waals surface area contributed by atoms with Gasteiger partial charge in [-0.05, 0) is 98.8 Å². The van der Waals surface area contributed by atoms with Crippen LogP contribution in [-0.2, 0) is 49.3 Å². The molecular formula is C43H57Cl2N3O9. The molecule has 0 radical (unpaired) electrons. The number of rotatable bonds is 12. The first-order valence-electron chi connectivity index (χ1n) is 19.5. The molecule has 3 aromatic rings. The second-order valence-electron chi connectivity index (χ2n) is 15.4. The molecule has 57 heavy (non-hydrogen) atoms. The molecule has 1 spiro atoms. The minimum atomic E-state index is -1.26. The number of hydrogen-bond donors (Lipinski definition) is 1. The maximum Gasteiger partial charge on any atom is 0.303 e. The summed E-state index contributed by atoms with van der Waals surface area (Å²) in [5.41, 5.74) is 5.62.